The van der Waals surface area contributed by atoms with E-state index in [2.05, 4.69) is 0 Å². The summed E-state index contributed by atoms with van der Waals surface area (Å²) in [6.07, 6.45) is 0.0335. The molecule has 0 spiro atoms. The number of hydrogen-bond acceptors (Lipinski definition) is 4. The van der Waals surface area contributed by atoms with Gasteiger partial charge in [0.1, 0.15) is 11.5 Å². The molecule has 0 aliphatic rings. The molecule has 0 unspecified atom stereocenters. The first-order chi connectivity index (χ1) is 9.06. The Hall–Kier alpha value is -1.36. The van der Waals surface area contributed by atoms with Gasteiger partial charge in [-0.15, -0.1) is 0 Å². The van der Waals surface area contributed by atoms with Crippen molar-refractivity contribution in [1.29, 1.82) is 0 Å². The van der Waals surface area contributed by atoms with Gasteiger partial charge in [-0.1, -0.05) is 0 Å². The summed E-state index contributed by atoms with van der Waals surface area (Å²) in [6.45, 7) is 8.35. The van der Waals surface area contributed by atoms with Crippen LogP contribution < -0.4 is 4.74 Å². The largest absolute Gasteiger partial charge is 0.491 e. The van der Waals surface area contributed by atoms with Crippen LogP contribution >= 0.6 is 0 Å². The van der Waals surface area contributed by atoms with E-state index in [0.717, 1.165) is 0 Å². The third-order valence-electron chi connectivity index (χ3n) is 2.91. The second kappa shape index (κ2) is 5.95. The van der Waals surface area contributed by atoms with Crippen molar-refractivity contribution in [2.45, 2.75) is 56.8 Å². The monoisotopic (exact) mass is 298 g/mol. The maximum Gasteiger partial charge on any atom is 0.183 e. The van der Waals surface area contributed by atoms with Gasteiger partial charge in [0.2, 0.25) is 0 Å². The summed E-state index contributed by atoms with van der Waals surface area (Å²) in [7, 11) is -3.56. The molecule has 0 saturated carbocycles. The van der Waals surface area contributed by atoms with Crippen molar-refractivity contribution in [3.8, 4) is 5.75 Å². The summed E-state index contributed by atoms with van der Waals surface area (Å²) in [5.74, 6) is 0.488. The molecule has 0 bridgehead atoms. The van der Waals surface area contributed by atoms with Crippen LogP contribution in [-0.4, -0.2) is 25.1 Å². The molecule has 20 heavy (non-hydrogen) atoms. The molecule has 4 nitrogen and oxygen atoms in total. The van der Waals surface area contributed by atoms with E-state index in [0.29, 0.717) is 5.75 Å². The van der Waals surface area contributed by atoms with Gasteiger partial charge in [-0.2, -0.15) is 0 Å². The van der Waals surface area contributed by atoms with Crippen LogP contribution in [0, 0.1) is 0 Å². The van der Waals surface area contributed by atoms with Crippen LogP contribution in [0.1, 0.15) is 41.0 Å². The summed E-state index contributed by atoms with van der Waals surface area (Å²) >= 11 is 0. The molecule has 0 aromatic heterocycles. The van der Waals surface area contributed by atoms with E-state index in [9.17, 15) is 13.2 Å². The van der Waals surface area contributed by atoms with Gasteiger partial charge < -0.3 is 4.74 Å². The Morgan fingerprint density at radius 3 is 2.10 bits per heavy atom. The molecule has 112 valence electrons. The molecule has 0 heterocycles. The van der Waals surface area contributed by atoms with Crippen molar-refractivity contribution >= 4 is 15.6 Å². The number of hydrogen-bond donors (Lipinski definition) is 0. The number of benzene rings is 1. The molecular weight excluding hydrogens is 276 g/mol. The summed E-state index contributed by atoms with van der Waals surface area (Å²) in [6, 6.07) is 6.32. The minimum absolute atomic E-state index is 0.000418. The van der Waals surface area contributed by atoms with Crippen molar-refractivity contribution in [2.75, 3.05) is 0 Å². The topological polar surface area (TPSA) is 60.4 Å². The number of ether oxygens (including phenoxy) is 1. The van der Waals surface area contributed by atoms with Gasteiger partial charge in [-0.05, 0) is 58.9 Å². The van der Waals surface area contributed by atoms with Crippen LogP contribution in [0.3, 0.4) is 0 Å². The average molecular weight is 298 g/mol. The standard InChI is InChI=1S/C15H22O4S/c1-11(2)19-13-6-8-14(9-7-13)20(17,18)15(4,5)10-12(3)16/h6-9,11H,10H2,1-5H3. The Morgan fingerprint density at radius 2 is 1.70 bits per heavy atom. The van der Waals surface area contributed by atoms with E-state index in [4.69, 9.17) is 4.74 Å². The summed E-state index contributed by atoms with van der Waals surface area (Å²) in [5, 5.41) is 0. The Morgan fingerprint density at radius 1 is 1.20 bits per heavy atom. The van der Waals surface area contributed by atoms with Crippen molar-refractivity contribution in [3.63, 3.8) is 0 Å². The molecule has 0 radical (unpaired) electrons. The summed E-state index contributed by atoms with van der Waals surface area (Å²) in [4.78, 5) is 11.4. The Labute approximate surface area is 121 Å². The number of Topliss-reactive ketones (excluding diaryl/α,β-unsaturated/α-hetero) is 1. The van der Waals surface area contributed by atoms with E-state index < -0.39 is 14.6 Å². The average Bonchev–Trinajstić information content (AvgIpc) is 2.26. The first-order valence-corrected chi connectivity index (χ1v) is 8.05. The first-order valence-electron chi connectivity index (χ1n) is 6.57. The molecule has 0 amide bonds. The molecule has 1 aromatic rings. The minimum atomic E-state index is -3.56. The zero-order valence-electron chi connectivity index (χ0n) is 12.6. The van der Waals surface area contributed by atoms with E-state index >= 15 is 0 Å². The van der Waals surface area contributed by atoms with Gasteiger partial charge in [0.15, 0.2) is 9.84 Å². The minimum Gasteiger partial charge on any atom is -0.491 e. The normalized spacial score (nSPS) is 12.5. The molecule has 0 fully saturated rings. The summed E-state index contributed by atoms with van der Waals surface area (Å²) in [5.41, 5.74) is 0. The highest BCUT2D eigenvalue weighted by molar-refractivity contribution is 7.92. The Bertz CT molecular complexity index is 568. The van der Waals surface area contributed by atoms with Gasteiger partial charge in [-0.25, -0.2) is 8.42 Å². The smallest absolute Gasteiger partial charge is 0.183 e. The van der Waals surface area contributed by atoms with Crippen molar-refractivity contribution < 1.29 is 17.9 Å². The molecule has 5 heteroatoms. The van der Waals surface area contributed by atoms with E-state index in [1.807, 2.05) is 13.8 Å². The van der Waals surface area contributed by atoms with Gasteiger partial charge in [-0.3, -0.25) is 4.79 Å². The maximum absolute atomic E-state index is 12.5. The fraction of sp³-hybridized carbons (Fsp3) is 0.533. The lowest BCUT2D eigenvalue weighted by molar-refractivity contribution is -0.117. The van der Waals surface area contributed by atoms with Crippen LogP contribution in [0.5, 0.6) is 5.75 Å². The predicted molar refractivity (Wildman–Crippen MR) is 78.8 cm³/mol. The van der Waals surface area contributed by atoms with Gasteiger partial charge in [0.05, 0.1) is 15.7 Å². The van der Waals surface area contributed by atoms with Gasteiger partial charge in [0.25, 0.3) is 0 Å². The van der Waals surface area contributed by atoms with Gasteiger partial charge >= 0.3 is 0 Å². The number of sulfone groups is 1. The van der Waals surface area contributed by atoms with Crippen molar-refractivity contribution in [1.82, 2.24) is 0 Å². The third-order valence-corrected chi connectivity index (χ3v) is 5.40. The molecule has 0 aliphatic heterocycles. The maximum atomic E-state index is 12.5. The number of carbonyl (C=O) groups is 1. The highest BCUT2D eigenvalue weighted by Crippen LogP contribution is 2.29. The van der Waals surface area contributed by atoms with E-state index in [-0.39, 0.29) is 23.2 Å². The predicted octanol–water partition coefficient (Wildman–Crippen LogP) is 3.01. The highest BCUT2D eigenvalue weighted by Gasteiger charge is 2.36. The van der Waals surface area contributed by atoms with Crippen molar-refractivity contribution in [2.24, 2.45) is 0 Å². The third kappa shape index (κ3) is 3.82. The van der Waals surface area contributed by atoms with Crippen LogP contribution in [-0.2, 0) is 14.6 Å². The van der Waals surface area contributed by atoms with Crippen LogP contribution in [0.25, 0.3) is 0 Å². The van der Waals surface area contributed by atoms with Crippen LogP contribution in [0.4, 0.5) is 0 Å². The summed E-state index contributed by atoms with van der Waals surface area (Å²) < 4.78 is 29.4. The molecule has 0 N–H and O–H groups in total. The molecule has 0 aliphatic carbocycles. The Balaban J connectivity index is 3.07. The molecular formula is C15H22O4S. The van der Waals surface area contributed by atoms with E-state index in [1.54, 1.807) is 26.0 Å². The number of rotatable bonds is 6. The zero-order valence-corrected chi connectivity index (χ0v) is 13.5. The van der Waals surface area contributed by atoms with Gasteiger partial charge in [0, 0.05) is 6.42 Å². The lowest BCUT2D eigenvalue weighted by Gasteiger charge is -2.23. The highest BCUT2D eigenvalue weighted by atomic mass is 32.2. The van der Waals surface area contributed by atoms with Crippen LogP contribution in [0.15, 0.2) is 29.2 Å². The fourth-order valence-electron chi connectivity index (χ4n) is 1.98. The second-order valence-corrected chi connectivity index (χ2v) is 8.36. The second-order valence-electron chi connectivity index (χ2n) is 5.78. The van der Waals surface area contributed by atoms with E-state index in [1.165, 1.54) is 19.1 Å². The quantitative estimate of drug-likeness (QED) is 0.810. The molecule has 0 atom stereocenters. The molecule has 1 rings (SSSR count). The number of carbonyl (C=O) groups excluding carboxylic acids is 1. The van der Waals surface area contributed by atoms with Crippen molar-refractivity contribution in [3.05, 3.63) is 24.3 Å². The first kappa shape index (κ1) is 16.7. The number of ketones is 1. The fourth-order valence-corrected chi connectivity index (χ4v) is 3.51. The zero-order chi connectivity index (χ0) is 15.6. The lowest BCUT2D eigenvalue weighted by atomic mass is 10.1. The SMILES string of the molecule is CC(=O)CC(C)(C)S(=O)(=O)c1ccc(OC(C)C)cc1. The lowest BCUT2D eigenvalue weighted by Crippen LogP contribution is -2.34. The van der Waals surface area contributed by atoms with Crippen LogP contribution in [0.2, 0.25) is 0 Å². The molecule has 1 aromatic carbocycles. The molecule has 0 saturated heterocycles. The Kier molecular flexibility index (Phi) is 4.97.